The molecule has 0 fully saturated rings. The lowest BCUT2D eigenvalue weighted by Gasteiger charge is -2.10. The molecule has 14 heavy (non-hydrogen) atoms. The maximum absolute atomic E-state index is 9.51. The van der Waals surface area contributed by atoms with Crippen molar-refractivity contribution in [3.8, 4) is 0 Å². The maximum atomic E-state index is 9.51. The first-order valence-corrected chi connectivity index (χ1v) is 4.91. The summed E-state index contributed by atoms with van der Waals surface area (Å²) in [4.78, 5) is 3.78. The van der Waals surface area contributed by atoms with Gasteiger partial charge in [0.15, 0.2) is 0 Å². The summed E-state index contributed by atoms with van der Waals surface area (Å²) in [6.45, 7) is 3.62. The average molecular weight is 199 g/mol. The van der Waals surface area contributed by atoms with Crippen LogP contribution < -0.4 is 0 Å². The van der Waals surface area contributed by atoms with Crippen LogP contribution in [0.5, 0.6) is 0 Å². The summed E-state index contributed by atoms with van der Waals surface area (Å²) in [6.07, 6.45) is 4.67. The van der Waals surface area contributed by atoms with Crippen LogP contribution in [0.2, 0.25) is 0 Å². The minimum atomic E-state index is -0.506. The Bertz CT molecular complexity index is 226. The molecule has 0 aromatic carbocycles. The summed E-state index contributed by atoms with van der Waals surface area (Å²) in [5.74, 6) is 0. The summed E-state index contributed by atoms with van der Waals surface area (Å²) < 4.78 is 6.86. The third-order valence-corrected chi connectivity index (χ3v) is 1.82. The Morgan fingerprint density at radius 1 is 1.57 bits per heavy atom. The van der Waals surface area contributed by atoms with Gasteiger partial charge in [-0.05, 0) is 6.42 Å². The monoisotopic (exact) mass is 199 g/mol. The zero-order chi connectivity index (χ0) is 10.2. The third-order valence-electron chi connectivity index (χ3n) is 1.82. The predicted molar refractivity (Wildman–Crippen MR) is 51.8 cm³/mol. The molecule has 0 aliphatic rings. The van der Waals surface area contributed by atoms with Crippen molar-refractivity contribution in [2.24, 2.45) is 0 Å². The second-order valence-electron chi connectivity index (χ2n) is 3.20. The number of hydrogen-bond donors (Lipinski definition) is 1. The summed E-state index contributed by atoms with van der Waals surface area (Å²) in [5.41, 5.74) is 0. The Labute approximate surface area is 83.7 Å². The van der Waals surface area contributed by atoms with Crippen LogP contribution in [0, 0.1) is 0 Å². The number of ether oxygens (including phenoxy) is 1. The van der Waals surface area contributed by atoms with Crippen molar-refractivity contribution in [1.82, 2.24) is 14.8 Å². The number of rotatable bonds is 7. The number of unbranched alkanes of at least 4 members (excludes halogenated alkanes) is 1. The van der Waals surface area contributed by atoms with Crippen molar-refractivity contribution in [3.63, 3.8) is 0 Å². The first-order chi connectivity index (χ1) is 6.83. The van der Waals surface area contributed by atoms with Crippen molar-refractivity contribution in [3.05, 3.63) is 12.7 Å². The van der Waals surface area contributed by atoms with E-state index in [4.69, 9.17) is 4.74 Å². The van der Waals surface area contributed by atoms with Gasteiger partial charge in [0.1, 0.15) is 12.7 Å². The van der Waals surface area contributed by atoms with Gasteiger partial charge in [-0.3, -0.25) is 4.68 Å². The first-order valence-electron chi connectivity index (χ1n) is 4.91. The van der Waals surface area contributed by atoms with Gasteiger partial charge in [-0.15, -0.1) is 0 Å². The summed E-state index contributed by atoms with van der Waals surface area (Å²) in [5, 5.41) is 13.4. The maximum Gasteiger partial charge on any atom is 0.137 e. The van der Waals surface area contributed by atoms with E-state index in [0.717, 1.165) is 12.8 Å². The van der Waals surface area contributed by atoms with Gasteiger partial charge < -0.3 is 9.84 Å². The molecule has 0 aliphatic carbocycles. The van der Waals surface area contributed by atoms with E-state index in [1.807, 2.05) is 0 Å². The van der Waals surface area contributed by atoms with Crippen LogP contribution in [0.25, 0.3) is 0 Å². The molecule has 0 aliphatic heterocycles. The third kappa shape index (κ3) is 4.34. The van der Waals surface area contributed by atoms with E-state index in [1.54, 1.807) is 11.0 Å². The summed E-state index contributed by atoms with van der Waals surface area (Å²) in [7, 11) is 0. The fourth-order valence-corrected chi connectivity index (χ4v) is 1.06. The molecule has 1 heterocycles. The van der Waals surface area contributed by atoms with Crippen LogP contribution in [-0.2, 0) is 11.3 Å². The lowest BCUT2D eigenvalue weighted by atomic mass is 10.3. The normalized spacial score (nSPS) is 13.0. The Kier molecular flexibility index (Phi) is 5.17. The van der Waals surface area contributed by atoms with Crippen molar-refractivity contribution >= 4 is 0 Å². The Hall–Kier alpha value is -0.940. The van der Waals surface area contributed by atoms with Crippen LogP contribution in [0.4, 0.5) is 0 Å². The highest BCUT2D eigenvalue weighted by Gasteiger charge is 2.05. The summed E-state index contributed by atoms with van der Waals surface area (Å²) in [6, 6.07) is 0. The second kappa shape index (κ2) is 6.50. The van der Waals surface area contributed by atoms with E-state index < -0.39 is 6.10 Å². The first kappa shape index (κ1) is 11.1. The molecule has 0 saturated heterocycles. The molecule has 1 N–H and O–H groups in total. The highest BCUT2D eigenvalue weighted by Crippen LogP contribution is 1.93. The zero-order valence-corrected chi connectivity index (χ0v) is 8.46. The number of aliphatic hydroxyl groups is 1. The van der Waals surface area contributed by atoms with Crippen LogP contribution >= 0.6 is 0 Å². The zero-order valence-electron chi connectivity index (χ0n) is 8.46. The van der Waals surface area contributed by atoms with Crippen molar-refractivity contribution in [2.75, 3.05) is 13.2 Å². The van der Waals surface area contributed by atoms with Gasteiger partial charge in [0.25, 0.3) is 0 Å². The van der Waals surface area contributed by atoms with E-state index in [-0.39, 0.29) is 0 Å². The highest BCUT2D eigenvalue weighted by molar-refractivity contribution is 4.60. The van der Waals surface area contributed by atoms with Gasteiger partial charge >= 0.3 is 0 Å². The van der Waals surface area contributed by atoms with Crippen molar-refractivity contribution in [1.29, 1.82) is 0 Å². The van der Waals surface area contributed by atoms with Gasteiger partial charge in [0.2, 0.25) is 0 Å². The van der Waals surface area contributed by atoms with E-state index in [0.29, 0.717) is 19.8 Å². The van der Waals surface area contributed by atoms with Crippen molar-refractivity contribution < 1.29 is 9.84 Å². The Morgan fingerprint density at radius 3 is 3.07 bits per heavy atom. The standard InChI is InChI=1S/C9H17N3O2/c1-2-3-4-14-6-9(13)5-12-8-10-7-11-12/h7-9,13H,2-6H2,1H3. The fourth-order valence-electron chi connectivity index (χ4n) is 1.06. The van der Waals surface area contributed by atoms with Crippen LogP contribution in [-0.4, -0.2) is 39.2 Å². The number of aromatic nitrogens is 3. The minimum Gasteiger partial charge on any atom is -0.389 e. The number of aliphatic hydroxyl groups excluding tert-OH is 1. The van der Waals surface area contributed by atoms with Crippen LogP contribution in [0.1, 0.15) is 19.8 Å². The molecule has 0 radical (unpaired) electrons. The molecule has 1 aromatic rings. The number of nitrogens with zero attached hydrogens (tertiary/aromatic N) is 3. The summed E-state index contributed by atoms with van der Waals surface area (Å²) >= 11 is 0. The van der Waals surface area contributed by atoms with Crippen molar-refractivity contribution in [2.45, 2.75) is 32.4 Å². The molecule has 0 bridgehead atoms. The molecule has 5 heteroatoms. The van der Waals surface area contributed by atoms with Crippen LogP contribution in [0.15, 0.2) is 12.7 Å². The van der Waals surface area contributed by atoms with E-state index in [2.05, 4.69) is 17.0 Å². The quantitative estimate of drug-likeness (QED) is 0.648. The molecule has 0 saturated carbocycles. The molecule has 1 aromatic heterocycles. The lowest BCUT2D eigenvalue weighted by Crippen LogP contribution is -2.22. The minimum absolute atomic E-state index is 0.361. The molecule has 1 atom stereocenters. The van der Waals surface area contributed by atoms with Gasteiger partial charge in [0, 0.05) is 6.61 Å². The smallest absolute Gasteiger partial charge is 0.137 e. The molecule has 0 spiro atoms. The van der Waals surface area contributed by atoms with Gasteiger partial charge in [-0.1, -0.05) is 13.3 Å². The number of hydrogen-bond acceptors (Lipinski definition) is 4. The second-order valence-corrected chi connectivity index (χ2v) is 3.20. The molecule has 0 amide bonds. The predicted octanol–water partition coefficient (Wildman–Crippen LogP) is 0.456. The highest BCUT2D eigenvalue weighted by atomic mass is 16.5. The van der Waals surface area contributed by atoms with Gasteiger partial charge in [-0.2, -0.15) is 5.10 Å². The fraction of sp³-hybridized carbons (Fsp3) is 0.778. The van der Waals surface area contributed by atoms with Crippen LogP contribution in [0.3, 0.4) is 0 Å². The Morgan fingerprint density at radius 2 is 2.43 bits per heavy atom. The molecule has 1 rings (SSSR count). The molecular weight excluding hydrogens is 182 g/mol. The molecule has 80 valence electrons. The lowest BCUT2D eigenvalue weighted by molar-refractivity contribution is 0.0253. The van der Waals surface area contributed by atoms with Gasteiger partial charge in [-0.25, -0.2) is 4.98 Å². The van der Waals surface area contributed by atoms with Gasteiger partial charge in [0.05, 0.1) is 19.3 Å². The molecule has 1 unspecified atom stereocenters. The van der Waals surface area contributed by atoms with E-state index in [9.17, 15) is 5.11 Å². The topological polar surface area (TPSA) is 60.2 Å². The largest absolute Gasteiger partial charge is 0.389 e. The molecular formula is C9H17N3O2. The molecule has 5 nitrogen and oxygen atoms in total. The van der Waals surface area contributed by atoms with E-state index in [1.165, 1.54) is 6.33 Å². The van der Waals surface area contributed by atoms with E-state index >= 15 is 0 Å². The SMILES string of the molecule is CCCCOCC(O)Cn1cncn1. The average Bonchev–Trinajstić information content (AvgIpc) is 2.65. The Balaban J connectivity index is 2.07.